The smallest absolute Gasteiger partial charge is 0.123 e. The summed E-state index contributed by atoms with van der Waals surface area (Å²) < 4.78 is 13.9. The lowest BCUT2D eigenvalue weighted by atomic mass is 10.0. The Balaban J connectivity index is 1.21. The van der Waals surface area contributed by atoms with Gasteiger partial charge in [-0.05, 0) is 53.6 Å². The number of allylic oxidation sites excluding steroid dienone is 1. The van der Waals surface area contributed by atoms with Crippen LogP contribution in [0.2, 0.25) is 0 Å². The molecule has 198 valence electrons. The van der Waals surface area contributed by atoms with Crippen molar-refractivity contribution >= 4 is 27.5 Å². The lowest BCUT2D eigenvalue weighted by molar-refractivity contribution is 0.628. The largest absolute Gasteiger partial charge is 0.358 e. The second-order valence-corrected chi connectivity index (χ2v) is 10.00. The van der Waals surface area contributed by atoms with Gasteiger partial charge >= 0.3 is 0 Å². The fourth-order valence-corrected chi connectivity index (χ4v) is 5.20. The van der Waals surface area contributed by atoms with E-state index in [9.17, 15) is 4.39 Å². The highest BCUT2D eigenvalue weighted by atomic mass is 19.1. The molecule has 7 aromatic rings. The number of fused-ring (bicyclic) bond motifs is 2. The Labute approximate surface area is 235 Å². The lowest BCUT2D eigenvalue weighted by Crippen LogP contribution is -2.02. The summed E-state index contributed by atoms with van der Waals surface area (Å²) in [6.45, 7) is 4.20. The predicted octanol–water partition coefficient (Wildman–Crippen LogP) is 8.14. The number of hydrogen-bond donors (Lipinski definition) is 3. The molecule has 0 aliphatic carbocycles. The molecule has 0 bridgehead atoms. The van der Waals surface area contributed by atoms with Gasteiger partial charge in [-0.25, -0.2) is 4.39 Å². The first kappa shape index (κ1) is 24.5. The second-order valence-electron chi connectivity index (χ2n) is 10.00. The highest BCUT2D eigenvalue weighted by Gasteiger charge is 2.15. The zero-order chi connectivity index (χ0) is 27.8. The van der Waals surface area contributed by atoms with Crippen LogP contribution in [0.3, 0.4) is 0 Å². The van der Waals surface area contributed by atoms with Crippen LogP contribution in [0.4, 0.5) is 10.1 Å². The number of hydrogen-bond acceptors (Lipinski definition) is 4. The molecular weight excluding hydrogens is 511 g/mol. The molecule has 3 N–H and O–H groups in total. The molecule has 7 rings (SSSR count). The Morgan fingerprint density at radius 1 is 0.780 bits per heavy atom. The van der Waals surface area contributed by atoms with Crippen molar-refractivity contribution in [1.29, 1.82) is 0 Å². The van der Waals surface area contributed by atoms with E-state index >= 15 is 0 Å². The van der Waals surface area contributed by atoms with Crippen LogP contribution in [0.5, 0.6) is 0 Å². The summed E-state index contributed by atoms with van der Waals surface area (Å²) in [4.78, 5) is 12.5. The number of aromatic amines is 2. The molecule has 0 aliphatic heterocycles. The number of halogens is 1. The molecule has 4 aromatic heterocycles. The summed E-state index contributed by atoms with van der Waals surface area (Å²) in [5, 5.41) is 13.1. The van der Waals surface area contributed by atoms with E-state index in [4.69, 9.17) is 0 Å². The maximum atomic E-state index is 13.9. The molecule has 0 amide bonds. The molecule has 0 fully saturated rings. The fourth-order valence-electron chi connectivity index (χ4n) is 5.20. The number of H-pyrrole nitrogens is 2. The lowest BCUT2D eigenvalue weighted by Gasteiger charge is -2.11. The summed E-state index contributed by atoms with van der Waals surface area (Å²) in [5.41, 5.74) is 9.87. The minimum atomic E-state index is -0.294. The van der Waals surface area contributed by atoms with E-state index in [0.29, 0.717) is 5.69 Å². The molecule has 4 heterocycles. The number of benzene rings is 3. The number of pyridine rings is 2. The van der Waals surface area contributed by atoms with Crippen LogP contribution in [0.1, 0.15) is 5.56 Å². The summed E-state index contributed by atoms with van der Waals surface area (Å²) >= 11 is 0. The van der Waals surface area contributed by atoms with Gasteiger partial charge in [0.25, 0.3) is 0 Å². The molecule has 6 nitrogen and oxygen atoms in total. The van der Waals surface area contributed by atoms with Gasteiger partial charge in [-0.2, -0.15) is 5.10 Å². The summed E-state index contributed by atoms with van der Waals surface area (Å²) in [7, 11) is 0. The van der Waals surface area contributed by atoms with Crippen molar-refractivity contribution in [3.63, 3.8) is 0 Å². The number of anilines is 1. The molecule has 0 atom stereocenters. The molecule has 0 saturated heterocycles. The van der Waals surface area contributed by atoms with E-state index in [1.54, 1.807) is 18.5 Å². The number of rotatable bonds is 7. The van der Waals surface area contributed by atoms with Crippen LogP contribution in [0, 0.1) is 5.82 Å². The molecular formula is C34H25FN6. The van der Waals surface area contributed by atoms with Gasteiger partial charge in [-0.15, -0.1) is 0 Å². The van der Waals surface area contributed by atoms with Crippen LogP contribution in [-0.4, -0.2) is 25.1 Å². The average molecular weight is 537 g/mol. The Kier molecular flexibility index (Phi) is 6.09. The standard InChI is InChI=1S/C34H25FN6/c1-21(14-22-6-3-2-4-7-22)38-27-16-25(19-36-20-27)23-10-11-31-28(17-23)34(41-40-31)32-18-29-30(39-32)12-13-37-33(29)24-8-5-9-26(35)15-24/h2-13,15-20,38-39H,1,14H2,(H,40,41). The maximum absolute atomic E-state index is 13.9. The van der Waals surface area contributed by atoms with Crippen LogP contribution in [0.15, 0.2) is 122 Å². The van der Waals surface area contributed by atoms with Gasteiger partial charge < -0.3 is 10.3 Å². The van der Waals surface area contributed by atoms with E-state index in [2.05, 4.69) is 67.4 Å². The summed E-state index contributed by atoms with van der Waals surface area (Å²) in [6.07, 6.45) is 6.12. The van der Waals surface area contributed by atoms with Crippen molar-refractivity contribution in [2.24, 2.45) is 0 Å². The van der Waals surface area contributed by atoms with Crippen LogP contribution < -0.4 is 5.32 Å². The van der Waals surface area contributed by atoms with Crippen molar-refractivity contribution in [2.75, 3.05) is 5.32 Å². The quantitative estimate of drug-likeness (QED) is 0.192. The van der Waals surface area contributed by atoms with E-state index in [-0.39, 0.29) is 5.82 Å². The molecule has 0 radical (unpaired) electrons. The molecule has 7 heteroatoms. The van der Waals surface area contributed by atoms with Gasteiger partial charge in [0.1, 0.15) is 11.5 Å². The fraction of sp³-hybridized carbons (Fsp3) is 0.0294. The molecule has 0 aliphatic rings. The van der Waals surface area contributed by atoms with E-state index < -0.39 is 0 Å². The Morgan fingerprint density at radius 2 is 1.66 bits per heavy atom. The van der Waals surface area contributed by atoms with Crippen molar-refractivity contribution in [2.45, 2.75) is 6.42 Å². The summed E-state index contributed by atoms with van der Waals surface area (Å²) in [6, 6.07) is 28.9. The normalized spacial score (nSPS) is 11.2. The third kappa shape index (κ3) is 4.85. The Hall–Kier alpha value is -5.56. The van der Waals surface area contributed by atoms with Gasteiger partial charge in [-0.1, -0.05) is 55.1 Å². The van der Waals surface area contributed by atoms with Crippen molar-refractivity contribution in [3.05, 3.63) is 133 Å². The third-order valence-corrected chi connectivity index (χ3v) is 7.12. The minimum absolute atomic E-state index is 0.294. The van der Waals surface area contributed by atoms with E-state index in [0.717, 1.165) is 67.7 Å². The predicted molar refractivity (Wildman–Crippen MR) is 163 cm³/mol. The van der Waals surface area contributed by atoms with Gasteiger partial charge in [0.05, 0.1) is 28.8 Å². The topological polar surface area (TPSA) is 82.3 Å². The van der Waals surface area contributed by atoms with Gasteiger partial charge in [0.2, 0.25) is 0 Å². The van der Waals surface area contributed by atoms with E-state index in [1.165, 1.54) is 17.7 Å². The first-order valence-electron chi connectivity index (χ1n) is 13.3. The Bertz CT molecular complexity index is 2040. The molecule has 0 unspecified atom stereocenters. The van der Waals surface area contributed by atoms with E-state index in [1.807, 2.05) is 48.7 Å². The Morgan fingerprint density at radius 3 is 2.54 bits per heavy atom. The molecule has 0 saturated carbocycles. The van der Waals surface area contributed by atoms with Crippen LogP contribution in [-0.2, 0) is 6.42 Å². The van der Waals surface area contributed by atoms with Crippen molar-refractivity contribution in [3.8, 4) is 33.8 Å². The second kappa shape index (κ2) is 10.2. The highest BCUT2D eigenvalue weighted by molar-refractivity contribution is 6.00. The number of nitrogens with zero attached hydrogens (tertiary/aromatic N) is 3. The zero-order valence-electron chi connectivity index (χ0n) is 22.0. The average Bonchev–Trinajstić information content (AvgIpc) is 3.61. The number of aromatic nitrogens is 5. The van der Waals surface area contributed by atoms with Crippen LogP contribution in [0.25, 0.3) is 55.6 Å². The molecule has 41 heavy (non-hydrogen) atoms. The van der Waals surface area contributed by atoms with Gasteiger partial charge in [-0.3, -0.25) is 15.1 Å². The SMILES string of the molecule is C=C(Cc1ccccc1)Nc1cncc(-c2ccc3[nH]nc(-c4cc5c(-c6cccc(F)c6)nccc5[nH]4)c3c2)c1. The number of nitrogens with one attached hydrogen (secondary N) is 3. The summed E-state index contributed by atoms with van der Waals surface area (Å²) in [5.74, 6) is -0.294. The first-order chi connectivity index (χ1) is 20.1. The monoisotopic (exact) mass is 536 g/mol. The molecule has 0 spiro atoms. The van der Waals surface area contributed by atoms with Gasteiger partial charge in [0, 0.05) is 51.9 Å². The zero-order valence-corrected chi connectivity index (χ0v) is 22.0. The van der Waals surface area contributed by atoms with Gasteiger partial charge in [0.15, 0.2) is 0 Å². The van der Waals surface area contributed by atoms with Crippen molar-refractivity contribution in [1.82, 2.24) is 25.1 Å². The highest BCUT2D eigenvalue weighted by Crippen LogP contribution is 2.35. The maximum Gasteiger partial charge on any atom is 0.123 e. The van der Waals surface area contributed by atoms with Crippen LogP contribution >= 0.6 is 0 Å². The third-order valence-electron chi connectivity index (χ3n) is 7.12. The minimum Gasteiger partial charge on any atom is -0.358 e. The first-order valence-corrected chi connectivity index (χ1v) is 13.3. The molecule has 3 aromatic carbocycles. The van der Waals surface area contributed by atoms with Crippen molar-refractivity contribution < 1.29 is 4.39 Å².